The Balaban J connectivity index is 2.04. The molecular formula is C17H18F2N2O4. The molecule has 0 aliphatic heterocycles. The van der Waals surface area contributed by atoms with E-state index >= 15 is 0 Å². The lowest BCUT2D eigenvalue weighted by Crippen LogP contribution is -2.50. The van der Waals surface area contributed by atoms with Crippen LogP contribution in [0.25, 0.3) is 11.3 Å². The van der Waals surface area contributed by atoms with Crippen LogP contribution in [0.15, 0.2) is 28.8 Å². The van der Waals surface area contributed by atoms with Crippen molar-refractivity contribution in [2.45, 2.75) is 32.2 Å². The first kappa shape index (κ1) is 18.6. The minimum atomic E-state index is -1.34. The number of aliphatic carboxylic acids is 1. The molecule has 2 rings (SSSR count). The van der Waals surface area contributed by atoms with Gasteiger partial charge in [-0.3, -0.25) is 4.79 Å². The maximum Gasteiger partial charge on any atom is 0.329 e. The van der Waals surface area contributed by atoms with Crippen molar-refractivity contribution in [3.05, 3.63) is 41.9 Å². The van der Waals surface area contributed by atoms with Gasteiger partial charge < -0.3 is 14.4 Å². The number of amides is 1. The number of carboxylic acids is 1. The molecule has 0 saturated heterocycles. The fourth-order valence-corrected chi connectivity index (χ4v) is 2.08. The number of carboxylic acid groups (broad SMARTS) is 1. The average molecular weight is 352 g/mol. The van der Waals surface area contributed by atoms with Crippen molar-refractivity contribution < 1.29 is 27.9 Å². The Morgan fingerprint density at radius 3 is 2.60 bits per heavy atom. The van der Waals surface area contributed by atoms with Crippen molar-refractivity contribution in [1.29, 1.82) is 0 Å². The van der Waals surface area contributed by atoms with Gasteiger partial charge in [-0.25, -0.2) is 18.6 Å². The van der Waals surface area contributed by atoms with E-state index in [1.807, 2.05) is 0 Å². The van der Waals surface area contributed by atoms with Crippen LogP contribution in [0.4, 0.5) is 8.78 Å². The number of hydrogen-bond donors (Lipinski definition) is 1. The molecule has 1 heterocycles. The summed E-state index contributed by atoms with van der Waals surface area (Å²) < 4.78 is 32.1. The van der Waals surface area contributed by atoms with Crippen molar-refractivity contribution >= 4 is 11.9 Å². The molecule has 0 aliphatic rings. The van der Waals surface area contributed by atoms with Crippen LogP contribution in [0, 0.1) is 11.6 Å². The van der Waals surface area contributed by atoms with Gasteiger partial charge in [0.1, 0.15) is 17.2 Å². The largest absolute Gasteiger partial charge is 0.480 e. The highest BCUT2D eigenvalue weighted by molar-refractivity contribution is 5.86. The van der Waals surface area contributed by atoms with Crippen molar-refractivity contribution in [1.82, 2.24) is 9.88 Å². The Kier molecular flexibility index (Phi) is 5.20. The second kappa shape index (κ2) is 7.00. The summed E-state index contributed by atoms with van der Waals surface area (Å²) in [6, 6.07) is 3.08. The van der Waals surface area contributed by atoms with E-state index in [1.165, 1.54) is 33.2 Å². The number of carbonyl (C=O) groups excluding carboxylic acids is 1. The predicted molar refractivity (Wildman–Crippen MR) is 84.7 cm³/mol. The molecule has 6 nitrogen and oxygen atoms in total. The zero-order valence-corrected chi connectivity index (χ0v) is 14.0. The van der Waals surface area contributed by atoms with E-state index in [9.17, 15) is 18.4 Å². The Hall–Kier alpha value is -2.77. The Morgan fingerprint density at radius 2 is 2.00 bits per heavy atom. The zero-order valence-electron chi connectivity index (χ0n) is 14.0. The lowest BCUT2D eigenvalue weighted by Gasteiger charge is -2.31. The maximum atomic E-state index is 13.7. The summed E-state index contributed by atoms with van der Waals surface area (Å²) in [6.07, 6.45) is 1.40. The van der Waals surface area contributed by atoms with E-state index in [0.29, 0.717) is 0 Å². The standard InChI is InChI=1S/C17H18F2N2O4/c1-17(2,16(23)24)21(3)15(22)7-6-14-20-9-13(25-14)11-5-4-10(18)8-12(11)19/h4-5,8-9H,6-7H2,1-3H3,(H,23,24). The topological polar surface area (TPSA) is 83.6 Å². The number of halogens is 2. The molecule has 8 heteroatoms. The van der Waals surface area contributed by atoms with Crippen LogP contribution < -0.4 is 0 Å². The summed E-state index contributed by atoms with van der Waals surface area (Å²) in [6.45, 7) is 2.85. The highest BCUT2D eigenvalue weighted by Crippen LogP contribution is 2.24. The van der Waals surface area contributed by atoms with E-state index in [2.05, 4.69) is 4.98 Å². The molecule has 1 N–H and O–H groups in total. The highest BCUT2D eigenvalue weighted by Gasteiger charge is 2.34. The molecule has 25 heavy (non-hydrogen) atoms. The van der Waals surface area contributed by atoms with Crippen LogP contribution in [-0.4, -0.2) is 39.5 Å². The van der Waals surface area contributed by atoms with Gasteiger partial charge in [-0.2, -0.15) is 0 Å². The number of rotatable bonds is 6. The SMILES string of the molecule is CN(C(=O)CCc1ncc(-c2ccc(F)cc2F)o1)C(C)(C)C(=O)O. The highest BCUT2D eigenvalue weighted by atomic mass is 19.1. The predicted octanol–water partition coefficient (Wildman–Crippen LogP) is 2.87. The number of likely N-dealkylation sites (N-methyl/N-ethyl adjacent to an activating group) is 1. The third-order valence-corrected chi connectivity index (χ3v) is 4.04. The van der Waals surface area contributed by atoms with E-state index in [-0.39, 0.29) is 36.0 Å². The van der Waals surface area contributed by atoms with Gasteiger partial charge in [0.05, 0.1) is 11.8 Å². The van der Waals surface area contributed by atoms with Gasteiger partial charge in [0, 0.05) is 26.0 Å². The molecule has 1 aromatic heterocycles. The van der Waals surface area contributed by atoms with Gasteiger partial charge in [-0.15, -0.1) is 0 Å². The minimum absolute atomic E-state index is 0.0148. The summed E-state index contributed by atoms with van der Waals surface area (Å²) in [7, 11) is 1.41. The van der Waals surface area contributed by atoms with Crippen molar-refractivity contribution in [3.63, 3.8) is 0 Å². The monoisotopic (exact) mass is 352 g/mol. The third-order valence-electron chi connectivity index (χ3n) is 4.04. The third kappa shape index (κ3) is 4.01. The van der Waals surface area contributed by atoms with E-state index in [0.717, 1.165) is 17.0 Å². The lowest BCUT2D eigenvalue weighted by molar-refractivity contribution is -0.155. The van der Waals surface area contributed by atoms with Gasteiger partial charge in [0.25, 0.3) is 0 Å². The molecule has 2 aromatic rings. The minimum Gasteiger partial charge on any atom is -0.480 e. The van der Waals surface area contributed by atoms with Crippen molar-refractivity contribution in [3.8, 4) is 11.3 Å². The number of carbonyl (C=O) groups is 2. The van der Waals surface area contributed by atoms with E-state index in [1.54, 1.807) is 0 Å². The Labute approximate surface area is 143 Å². The first-order valence-corrected chi connectivity index (χ1v) is 7.53. The van der Waals surface area contributed by atoms with Crippen LogP contribution in [0.5, 0.6) is 0 Å². The molecule has 0 bridgehead atoms. The van der Waals surface area contributed by atoms with E-state index < -0.39 is 23.1 Å². The molecule has 0 spiro atoms. The Bertz CT molecular complexity index is 802. The van der Waals surface area contributed by atoms with Crippen LogP contribution in [-0.2, 0) is 16.0 Å². The number of aryl methyl sites for hydroxylation is 1. The first-order valence-electron chi connectivity index (χ1n) is 7.53. The van der Waals surface area contributed by atoms with Crippen LogP contribution >= 0.6 is 0 Å². The van der Waals surface area contributed by atoms with Gasteiger partial charge >= 0.3 is 5.97 Å². The summed E-state index contributed by atoms with van der Waals surface area (Å²) in [5.74, 6) is -2.65. The number of benzene rings is 1. The molecule has 0 saturated carbocycles. The Morgan fingerprint density at radius 1 is 1.32 bits per heavy atom. The van der Waals surface area contributed by atoms with Gasteiger partial charge in [-0.1, -0.05) is 0 Å². The normalized spacial score (nSPS) is 11.4. The van der Waals surface area contributed by atoms with Crippen LogP contribution in [0.1, 0.15) is 26.2 Å². The maximum absolute atomic E-state index is 13.7. The molecule has 0 aliphatic carbocycles. The fourth-order valence-electron chi connectivity index (χ4n) is 2.08. The zero-order chi connectivity index (χ0) is 18.8. The number of nitrogens with zero attached hydrogens (tertiary/aromatic N) is 2. The number of aromatic nitrogens is 1. The van der Waals surface area contributed by atoms with Gasteiger partial charge in [0.2, 0.25) is 5.91 Å². The second-order valence-electron chi connectivity index (χ2n) is 6.06. The first-order chi connectivity index (χ1) is 11.6. The summed E-state index contributed by atoms with van der Waals surface area (Å²) in [5, 5.41) is 9.13. The summed E-state index contributed by atoms with van der Waals surface area (Å²) in [4.78, 5) is 28.4. The second-order valence-corrected chi connectivity index (χ2v) is 6.06. The fraction of sp³-hybridized carbons (Fsp3) is 0.353. The molecule has 1 amide bonds. The van der Waals surface area contributed by atoms with Gasteiger partial charge in [0.15, 0.2) is 11.7 Å². The van der Waals surface area contributed by atoms with Crippen LogP contribution in [0.3, 0.4) is 0 Å². The average Bonchev–Trinajstić information content (AvgIpc) is 3.00. The number of oxazole rings is 1. The quantitative estimate of drug-likeness (QED) is 0.864. The lowest BCUT2D eigenvalue weighted by atomic mass is 10.0. The number of hydrogen-bond acceptors (Lipinski definition) is 4. The summed E-state index contributed by atoms with van der Waals surface area (Å²) >= 11 is 0. The molecule has 0 unspecified atom stereocenters. The smallest absolute Gasteiger partial charge is 0.329 e. The molecule has 0 fully saturated rings. The van der Waals surface area contributed by atoms with Crippen molar-refractivity contribution in [2.24, 2.45) is 0 Å². The van der Waals surface area contributed by atoms with Gasteiger partial charge in [-0.05, 0) is 26.0 Å². The summed E-state index contributed by atoms with van der Waals surface area (Å²) in [5.41, 5.74) is -1.27. The molecule has 134 valence electrons. The van der Waals surface area contributed by atoms with E-state index in [4.69, 9.17) is 9.52 Å². The molecular weight excluding hydrogens is 334 g/mol. The molecule has 0 atom stereocenters. The molecule has 1 aromatic carbocycles. The molecule has 0 radical (unpaired) electrons. The van der Waals surface area contributed by atoms with Crippen LogP contribution in [0.2, 0.25) is 0 Å². The van der Waals surface area contributed by atoms with Crippen molar-refractivity contribution in [2.75, 3.05) is 7.05 Å².